The average Bonchev–Trinajstić information content (AvgIpc) is 2.98. The Morgan fingerprint density at radius 1 is 1.12 bits per heavy atom. The third kappa shape index (κ3) is 3.99. The standard InChI is InChI=1S/C18H23FN2O4/c19-14-4-2-1-3-13(14)18(25)20-6-5-17(24)21-9-11-7-15(22)16(23)8-12(11)10-21/h1-4,11-12,15-16,22-23H,5-10H2,(H,20,25)/t11-,12+,15+,16-. The van der Waals surface area contributed by atoms with Crippen LogP contribution in [0.4, 0.5) is 4.39 Å². The fraction of sp³-hybridized carbons (Fsp3) is 0.556. The summed E-state index contributed by atoms with van der Waals surface area (Å²) in [5, 5.41) is 22.1. The van der Waals surface area contributed by atoms with E-state index in [0.29, 0.717) is 25.9 Å². The summed E-state index contributed by atoms with van der Waals surface area (Å²) in [5.74, 6) is -0.766. The van der Waals surface area contributed by atoms with Gasteiger partial charge in [-0.1, -0.05) is 12.1 Å². The molecule has 7 heteroatoms. The number of aliphatic hydroxyl groups excluding tert-OH is 2. The molecule has 4 atom stereocenters. The first-order valence-corrected chi connectivity index (χ1v) is 8.62. The fourth-order valence-electron chi connectivity index (χ4n) is 3.79. The molecule has 1 aliphatic heterocycles. The van der Waals surface area contributed by atoms with Crippen LogP contribution in [0.2, 0.25) is 0 Å². The van der Waals surface area contributed by atoms with E-state index in [1.54, 1.807) is 11.0 Å². The van der Waals surface area contributed by atoms with Crippen LogP contribution in [0, 0.1) is 17.7 Å². The number of aliphatic hydroxyl groups is 2. The Bertz CT molecular complexity index is 636. The first kappa shape index (κ1) is 17.8. The SMILES string of the molecule is O=C(NCCC(=O)N1C[C@H]2C[C@H](O)[C@H](O)C[C@H]2C1)c1ccccc1F. The second kappa shape index (κ2) is 7.49. The highest BCUT2D eigenvalue weighted by Crippen LogP contribution is 2.36. The van der Waals surface area contributed by atoms with Crippen LogP contribution in [-0.4, -0.2) is 58.8 Å². The van der Waals surface area contributed by atoms with Crippen molar-refractivity contribution >= 4 is 11.8 Å². The van der Waals surface area contributed by atoms with Crippen molar-refractivity contribution in [3.8, 4) is 0 Å². The van der Waals surface area contributed by atoms with Crippen LogP contribution >= 0.6 is 0 Å². The predicted molar refractivity (Wildman–Crippen MR) is 88.2 cm³/mol. The Morgan fingerprint density at radius 2 is 1.72 bits per heavy atom. The quantitative estimate of drug-likeness (QED) is 0.739. The number of amides is 2. The van der Waals surface area contributed by atoms with Crippen LogP contribution in [0.15, 0.2) is 24.3 Å². The summed E-state index contributed by atoms with van der Waals surface area (Å²) >= 11 is 0. The van der Waals surface area contributed by atoms with Crippen LogP contribution in [0.3, 0.4) is 0 Å². The molecule has 1 saturated heterocycles. The number of likely N-dealkylation sites (tertiary alicyclic amines) is 1. The lowest BCUT2D eigenvalue weighted by Gasteiger charge is -2.31. The summed E-state index contributed by atoms with van der Waals surface area (Å²) in [6, 6.07) is 5.71. The zero-order chi connectivity index (χ0) is 18.0. The minimum atomic E-state index is -0.712. The van der Waals surface area contributed by atoms with E-state index >= 15 is 0 Å². The van der Waals surface area contributed by atoms with Gasteiger partial charge in [-0.2, -0.15) is 0 Å². The first-order chi connectivity index (χ1) is 12.0. The minimum Gasteiger partial charge on any atom is -0.390 e. The lowest BCUT2D eigenvalue weighted by Crippen LogP contribution is -2.38. The van der Waals surface area contributed by atoms with Crippen molar-refractivity contribution in [2.45, 2.75) is 31.5 Å². The highest BCUT2D eigenvalue weighted by molar-refractivity contribution is 5.94. The van der Waals surface area contributed by atoms with Gasteiger partial charge in [-0.05, 0) is 36.8 Å². The van der Waals surface area contributed by atoms with E-state index in [4.69, 9.17) is 0 Å². The van der Waals surface area contributed by atoms with Gasteiger partial charge in [0.25, 0.3) is 5.91 Å². The van der Waals surface area contributed by atoms with Crippen LogP contribution in [0.25, 0.3) is 0 Å². The molecule has 3 N–H and O–H groups in total. The molecular formula is C18H23FN2O4. The number of hydrogen-bond donors (Lipinski definition) is 3. The highest BCUT2D eigenvalue weighted by Gasteiger charge is 2.42. The lowest BCUT2D eigenvalue weighted by molar-refractivity contribution is -0.130. The van der Waals surface area contributed by atoms with Crippen molar-refractivity contribution in [2.75, 3.05) is 19.6 Å². The molecule has 25 heavy (non-hydrogen) atoms. The Balaban J connectivity index is 1.46. The van der Waals surface area contributed by atoms with Gasteiger partial charge in [-0.25, -0.2) is 4.39 Å². The number of hydrogen-bond acceptors (Lipinski definition) is 4. The van der Waals surface area contributed by atoms with Gasteiger partial charge in [-0.3, -0.25) is 9.59 Å². The van der Waals surface area contributed by atoms with E-state index < -0.39 is 23.9 Å². The summed E-state index contributed by atoms with van der Waals surface area (Å²) in [5.41, 5.74) is -0.0369. The largest absolute Gasteiger partial charge is 0.390 e. The number of rotatable bonds is 4. The second-order valence-corrected chi connectivity index (χ2v) is 6.91. The Morgan fingerprint density at radius 3 is 2.32 bits per heavy atom. The molecule has 0 spiro atoms. The maximum Gasteiger partial charge on any atom is 0.254 e. The van der Waals surface area contributed by atoms with Crippen molar-refractivity contribution in [1.82, 2.24) is 10.2 Å². The van der Waals surface area contributed by atoms with Gasteiger partial charge in [0, 0.05) is 26.1 Å². The first-order valence-electron chi connectivity index (χ1n) is 8.62. The Kier molecular flexibility index (Phi) is 5.34. The highest BCUT2D eigenvalue weighted by atomic mass is 19.1. The molecule has 0 unspecified atom stereocenters. The average molecular weight is 350 g/mol. The van der Waals surface area contributed by atoms with Crippen molar-refractivity contribution < 1.29 is 24.2 Å². The smallest absolute Gasteiger partial charge is 0.254 e. The zero-order valence-corrected chi connectivity index (χ0v) is 13.9. The molecule has 136 valence electrons. The van der Waals surface area contributed by atoms with Gasteiger partial charge in [0.05, 0.1) is 17.8 Å². The molecule has 1 heterocycles. The molecule has 2 fully saturated rings. The van der Waals surface area contributed by atoms with Gasteiger partial charge in [0.1, 0.15) is 5.82 Å². The molecule has 0 bridgehead atoms. The van der Waals surface area contributed by atoms with E-state index in [9.17, 15) is 24.2 Å². The Hall–Kier alpha value is -1.99. The van der Waals surface area contributed by atoms with Crippen LogP contribution in [0.1, 0.15) is 29.6 Å². The van der Waals surface area contributed by atoms with Crippen molar-refractivity contribution in [1.29, 1.82) is 0 Å². The normalized spacial score (nSPS) is 28.5. The van der Waals surface area contributed by atoms with Crippen molar-refractivity contribution in [2.24, 2.45) is 11.8 Å². The third-order valence-electron chi connectivity index (χ3n) is 5.20. The number of nitrogens with one attached hydrogen (secondary N) is 1. The molecular weight excluding hydrogens is 327 g/mol. The van der Waals surface area contributed by atoms with Crippen molar-refractivity contribution in [3.05, 3.63) is 35.6 Å². The van der Waals surface area contributed by atoms with Gasteiger partial charge in [0.2, 0.25) is 5.91 Å². The van der Waals surface area contributed by atoms with E-state index in [1.165, 1.54) is 18.2 Å². The maximum absolute atomic E-state index is 13.5. The monoisotopic (exact) mass is 350 g/mol. The lowest BCUT2D eigenvalue weighted by atomic mass is 9.79. The number of carbonyl (C=O) groups is 2. The Labute approximate surface area is 145 Å². The summed E-state index contributed by atoms with van der Waals surface area (Å²) < 4.78 is 13.5. The fourth-order valence-corrected chi connectivity index (χ4v) is 3.79. The van der Waals surface area contributed by atoms with Crippen LogP contribution in [0.5, 0.6) is 0 Å². The summed E-state index contributed by atoms with van der Waals surface area (Å²) in [6.07, 6.45) is -0.253. The maximum atomic E-state index is 13.5. The summed E-state index contributed by atoms with van der Waals surface area (Å²) in [4.78, 5) is 26.0. The van der Waals surface area contributed by atoms with Gasteiger partial charge in [0.15, 0.2) is 0 Å². The summed E-state index contributed by atoms with van der Waals surface area (Å²) in [7, 11) is 0. The molecule has 3 rings (SSSR count). The van der Waals surface area contributed by atoms with E-state index in [0.717, 1.165) is 0 Å². The number of nitrogens with zero attached hydrogens (tertiary/aromatic N) is 1. The van der Waals surface area contributed by atoms with Crippen LogP contribution < -0.4 is 5.32 Å². The second-order valence-electron chi connectivity index (χ2n) is 6.91. The minimum absolute atomic E-state index is 0.0369. The van der Waals surface area contributed by atoms with E-state index in [1.807, 2.05) is 0 Å². The number of carbonyl (C=O) groups excluding carboxylic acids is 2. The third-order valence-corrected chi connectivity index (χ3v) is 5.20. The van der Waals surface area contributed by atoms with Gasteiger partial charge in [-0.15, -0.1) is 0 Å². The van der Waals surface area contributed by atoms with Gasteiger partial charge >= 0.3 is 0 Å². The van der Waals surface area contributed by atoms with Crippen LogP contribution in [-0.2, 0) is 4.79 Å². The molecule has 1 aliphatic carbocycles. The number of benzene rings is 1. The molecule has 6 nitrogen and oxygen atoms in total. The number of fused-ring (bicyclic) bond motifs is 1. The van der Waals surface area contributed by atoms with E-state index in [2.05, 4.69) is 5.32 Å². The topological polar surface area (TPSA) is 89.9 Å². The molecule has 2 amide bonds. The van der Waals surface area contributed by atoms with E-state index in [-0.39, 0.29) is 36.3 Å². The summed E-state index contributed by atoms with van der Waals surface area (Å²) in [6.45, 7) is 1.30. The number of halogens is 1. The van der Waals surface area contributed by atoms with Gasteiger partial charge < -0.3 is 20.4 Å². The molecule has 1 aromatic rings. The molecule has 1 aromatic carbocycles. The predicted octanol–water partition coefficient (Wildman–Crippen LogP) is 0.536. The molecule has 0 aromatic heterocycles. The molecule has 2 aliphatic rings. The molecule has 0 radical (unpaired) electrons. The van der Waals surface area contributed by atoms with Crippen molar-refractivity contribution in [3.63, 3.8) is 0 Å². The zero-order valence-electron chi connectivity index (χ0n) is 13.9. The molecule has 1 saturated carbocycles.